The first-order chi connectivity index (χ1) is 8.95. The van der Waals surface area contributed by atoms with Crippen molar-refractivity contribution in [2.45, 2.75) is 26.3 Å². The first kappa shape index (κ1) is 16.9. The van der Waals surface area contributed by atoms with Crippen LogP contribution in [0, 0.1) is 0 Å². The average Bonchev–Trinajstić information content (AvgIpc) is 2.74. The maximum atomic E-state index is 12.1. The molecular weight excluding hydrogens is 304 g/mol. The number of nitrogens with one attached hydrogen (secondary N) is 1. The van der Waals surface area contributed by atoms with Crippen molar-refractivity contribution in [2.24, 2.45) is 0 Å². The largest absolute Gasteiger partial charge is 0.317 e. The minimum absolute atomic E-state index is 0.202. The number of hydrogen-bond donors (Lipinski definition) is 1. The summed E-state index contributed by atoms with van der Waals surface area (Å²) in [5, 5.41) is 3.18. The van der Waals surface area contributed by atoms with E-state index in [0.717, 1.165) is 24.4 Å². The molecule has 4 nitrogen and oxygen atoms in total. The highest BCUT2D eigenvalue weighted by atomic mass is 35.5. The molecule has 0 radical (unpaired) electrons. The van der Waals surface area contributed by atoms with E-state index in [9.17, 15) is 8.42 Å². The summed E-state index contributed by atoms with van der Waals surface area (Å²) in [4.78, 5) is 0.962. The Morgan fingerprint density at radius 1 is 1.37 bits per heavy atom. The predicted octanol–water partition coefficient (Wildman–Crippen LogP) is 2.55. The van der Waals surface area contributed by atoms with Crippen LogP contribution in [0.3, 0.4) is 0 Å². The van der Waals surface area contributed by atoms with Crippen LogP contribution in [-0.4, -0.2) is 38.6 Å². The smallest absolute Gasteiger partial charge is 0.214 e. The Morgan fingerprint density at radius 3 is 2.68 bits per heavy atom. The van der Waals surface area contributed by atoms with Crippen molar-refractivity contribution in [1.82, 2.24) is 9.62 Å². The number of thiophene rings is 1. The molecule has 0 fully saturated rings. The van der Waals surface area contributed by atoms with Gasteiger partial charge in [0.15, 0.2) is 0 Å². The first-order valence-electron chi connectivity index (χ1n) is 6.34. The average molecular weight is 325 g/mol. The van der Waals surface area contributed by atoms with Gasteiger partial charge in [0.2, 0.25) is 10.0 Å². The highest BCUT2D eigenvalue weighted by Crippen LogP contribution is 2.23. The highest BCUT2D eigenvalue weighted by molar-refractivity contribution is 7.89. The summed E-state index contributed by atoms with van der Waals surface area (Å²) in [5.74, 6) is 0.202. The molecule has 1 aromatic rings. The summed E-state index contributed by atoms with van der Waals surface area (Å²) < 4.78 is 26.2. The Balaban J connectivity index is 2.39. The van der Waals surface area contributed by atoms with Gasteiger partial charge >= 0.3 is 0 Å². The Morgan fingerprint density at radius 2 is 2.11 bits per heavy atom. The summed E-state index contributed by atoms with van der Waals surface area (Å²) in [6.07, 6.45) is 1.57. The van der Waals surface area contributed by atoms with E-state index in [4.69, 9.17) is 11.6 Å². The number of nitrogens with zero attached hydrogens (tertiary/aromatic N) is 1. The predicted molar refractivity (Wildman–Crippen MR) is 82.4 cm³/mol. The zero-order valence-corrected chi connectivity index (χ0v) is 13.7. The zero-order chi connectivity index (χ0) is 14.3. The lowest BCUT2D eigenvalue weighted by Gasteiger charge is -2.16. The summed E-state index contributed by atoms with van der Waals surface area (Å²) >= 11 is 7.25. The van der Waals surface area contributed by atoms with Gasteiger partial charge in [-0.2, -0.15) is 4.31 Å². The van der Waals surface area contributed by atoms with Gasteiger partial charge in [0.05, 0.1) is 10.1 Å². The minimum atomic E-state index is -3.17. The van der Waals surface area contributed by atoms with Crippen LogP contribution in [0.1, 0.15) is 24.6 Å². The van der Waals surface area contributed by atoms with E-state index in [-0.39, 0.29) is 5.75 Å². The molecule has 0 spiro atoms. The van der Waals surface area contributed by atoms with Gasteiger partial charge in [0.1, 0.15) is 0 Å². The lowest BCUT2D eigenvalue weighted by atomic mass is 10.3. The van der Waals surface area contributed by atoms with Gasteiger partial charge in [-0.05, 0) is 38.1 Å². The summed E-state index contributed by atoms with van der Waals surface area (Å²) in [6, 6.07) is 3.66. The van der Waals surface area contributed by atoms with Crippen LogP contribution in [0.4, 0.5) is 0 Å². The molecule has 0 bridgehead atoms. The molecule has 110 valence electrons. The van der Waals surface area contributed by atoms with Gasteiger partial charge in [0.25, 0.3) is 0 Å². The fraction of sp³-hybridized carbons (Fsp3) is 0.667. The zero-order valence-electron chi connectivity index (χ0n) is 11.4. The molecule has 0 atom stereocenters. The third-order valence-corrected chi connectivity index (χ3v) is 5.84. The first-order valence-corrected chi connectivity index (χ1v) is 9.15. The second-order valence-corrected chi connectivity index (χ2v) is 8.33. The molecule has 19 heavy (non-hydrogen) atoms. The van der Waals surface area contributed by atoms with Gasteiger partial charge in [-0.15, -0.1) is 11.3 Å². The van der Waals surface area contributed by atoms with Crippen molar-refractivity contribution in [3.05, 3.63) is 21.3 Å². The van der Waals surface area contributed by atoms with Crippen molar-refractivity contribution in [1.29, 1.82) is 0 Å². The van der Waals surface area contributed by atoms with E-state index in [1.807, 2.05) is 13.0 Å². The number of rotatable bonds is 9. The van der Waals surface area contributed by atoms with Gasteiger partial charge in [-0.1, -0.05) is 18.5 Å². The Hall–Kier alpha value is -0.140. The summed E-state index contributed by atoms with van der Waals surface area (Å²) in [6.45, 7) is 4.23. The molecule has 0 saturated heterocycles. The Bertz CT molecular complexity index is 474. The van der Waals surface area contributed by atoms with Gasteiger partial charge in [0, 0.05) is 18.5 Å². The van der Waals surface area contributed by atoms with Crippen LogP contribution >= 0.6 is 22.9 Å². The van der Waals surface area contributed by atoms with E-state index in [1.165, 1.54) is 15.6 Å². The number of halogens is 1. The number of unbranched alkanes of at least 4 members (excludes halogenated alkanes) is 1. The molecule has 1 rings (SSSR count). The molecule has 0 aliphatic rings. The molecule has 1 aromatic heterocycles. The van der Waals surface area contributed by atoms with E-state index in [2.05, 4.69) is 5.32 Å². The summed E-state index contributed by atoms with van der Waals surface area (Å²) in [5.41, 5.74) is 0. The van der Waals surface area contributed by atoms with Gasteiger partial charge < -0.3 is 5.32 Å². The van der Waals surface area contributed by atoms with Gasteiger partial charge in [-0.3, -0.25) is 0 Å². The van der Waals surface area contributed by atoms with E-state index < -0.39 is 10.0 Å². The van der Waals surface area contributed by atoms with E-state index in [0.29, 0.717) is 17.3 Å². The van der Waals surface area contributed by atoms with E-state index >= 15 is 0 Å². The monoisotopic (exact) mass is 324 g/mol. The molecule has 0 aliphatic carbocycles. The SMILES string of the molecule is CCNCCCCS(=O)(=O)N(C)Cc1ccc(Cl)s1. The fourth-order valence-corrected chi connectivity index (χ4v) is 4.06. The molecule has 0 amide bonds. The van der Waals surface area contributed by atoms with Crippen molar-refractivity contribution >= 4 is 33.0 Å². The molecule has 1 heterocycles. The van der Waals surface area contributed by atoms with Crippen LogP contribution in [0.25, 0.3) is 0 Å². The normalized spacial score (nSPS) is 12.2. The van der Waals surface area contributed by atoms with Crippen LogP contribution in [0.5, 0.6) is 0 Å². The molecule has 0 aromatic carbocycles. The Labute approximate surface area is 124 Å². The second kappa shape index (κ2) is 8.21. The van der Waals surface area contributed by atoms with Crippen LogP contribution in [0.2, 0.25) is 4.34 Å². The van der Waals surface area contributed by atoms with Crippen molar-refractivity contribution in [2.75, 3.05) is 25.9 Å². The summed E-state index contributed by atoms with van der Waals surface area (Å²) in [7, 11) is -1.55. The lowest BCUT2D eigenvalue weighted by Crippen LogP contribution is -2.29. The van der Waals surface area contributed by atoms with E-state index in [1.54, 1.807) is 13.1 Å². The minimum Gasteiger partial charge on any atom is -0.317 e. The third kappa shape index (κ3) is 6.23. The number of hydrogen-bond acceptors (Lipinski definition) is 4. The van der Waals surface area contributed by atoms with Crippen molar-refractivity contribution < 1.29 is 8.42 Å². The highest BCUT2D eigenvalue weighted by Gasteiger charge is 2.18. The fourth-order valence-electron chi connectivity index (χ4n) is 1.62. The number of sulfonamides is 1. The standard InChI is InChI=1S/C12H21ClN2O2S2/c1-3-14-8-4-5-9-19(16,17)15(2)10-11-6-7-12(13)18-11/h6-7,14H,3-5,8-10H2,1-2H3. The van der Waals surface area contributed by atoms with Crippen LogP contribution in [-0.2, 0) is 16.6 Å². The molecule has 0 aliphatic heterocycles. The van der Waals surface area contributed by atoms with Crippen LogP contribution in [0.15, 0.2) is 12.1 Å². The maximum absolute atomic E-state index is 12.1. The van der Waals surface area contributed by atoms with Gasteiger partial charge in [-0.25, -0.2) is 8.42 Å². The van der Waals surface area contributed by atoms with Crippen molar-refractivity contribution in [3.8, 4) is 0 Å². The lowest BCUT2D eigenvalue weighted by molar-refractivity contribution is 0.467. The molecule has 0 saturated carbocycles. The molecular formula is C12H21ClN2O2S2. The molecule has 7 heteroatoms. The molecule has 1 N–H and O–H groups in total. The maximum Gasteiger partial charge on any atom is 0.214 e. The van der Waals surface area contributed by atoms with Crippen molar-refractivity contribution in [3.63, 3.8) is 0 Å². The second-order valence-electron chi connectivity index (χ2n) is 4.34. The third-order valence-electron chi connectivity index (χ3n) is 2.74. The van der Waals surface area contributed by atoms with Crippen LogP contribution < -0.4 is 5.32 Å². The topological polar surface area (TPSA) is 49.4 Å². The molecule has 0 unspecified atom stereocenters. The Kier molecular flexibility index (Phi) is 7.31. The quantitative estimate of drug-likeness (QED) is 0.710.